The molecule has 0 saturated heterocycles. The number of aliphatic hydroxyl groups excluding tert-OH is 1. The van der Waals surface area contributed by atoms with E-state index < -0.39 is 0 Å². The largest absolute Gasteiger partial charge is 0.496 e. The summed E-state index contributed by atoms with van der Waals surface area (Å²) in [6.45, 7) is 14.1. The summed E-state index contributed by atoms with van der Waals surface area (Å²) in [5.41, 5.74) is 8.30. The smallest absolute Gasteiger partial charge is 0.318 e. The lowest BCUT2D eigenvalue weighted by Gasteiger charge is -2.25. The van der Waals surface area contributed by atoms with Crippen molar-refractivity contribution in [1.82, 2.24) is 9.97 Å². The fourth-order valence-electron chi connectivity index (χ4n) is 5.64. The summed E-state index contributed by atoms with van der Waals surface area (Å²) in [7, 11) is 1.71. The fraction of sp³-hybridized carbons (Fsp3) is 0.400. The van der Waals surface area contributed by atoms with Crippen LogP contribution >= 0.6 is 0 Å². The molecule has 1 heterocycles. The van der Waals surface area contributed by atoms with E-state index >= 15 is 0 Å². The van der Waals surface area contributed by atoms with Crippen LogP contribution in [-0.2, 0) is 19.3 Å². The number of aryl methyl sites for hydroxylation is 2. The lowest BCUT2D eigenvalue weighted by Crippen LogP contribution is -2.28. The number of benzene rings is 3. The molecule has 0 spiro atoms. The van der Waals surface area contributed by atoms with E-state index in [9.17, 15) is 5.11 Å². The van der Waals surface area contributed by atoms with Crippen LogP contribution < -0.4 is 14.4 Å². The third kappa shape index (κ3) is 9.43. The van der Waals surface area contributed by atoms with Crippen molar-refractivity contribution < 1.29 is 14.6 Å². The average molecular weight is 624 g/mol. The number of methoxy groups -OCH3 is 1. The molecule has 5 rings (SSSR count). The molecule has 0 saturated carbocycles. The van der Waals surface area contributed by atoms with Crippen LogP contribution in [0, 0.1) is 0 Å². The number of aromatic nitrogens is 2. The molecule has 1 aromatic heterocycles. The average Bonchev–Trinajstić information content (AvgIpc) is 3.11. The highest BCUT2D eigenvalue weighted by molar-refractivity contribution is 6.02. The zero-order valence-corrected chi connectivity index (χ0v) is 29.0. The SMILES string of the molecule is CC.CC=CCC.CCc1cc(CCOc2nc(N(CC)CCO)c3c(C4=Cc5ccccc5CC4)cccc3n2)ccc1OC. The molecule has 0 radical (unpaired) electrons. The van der Waals surface area contributed by atoms with Gasteiger partial charge in [-0.1, -0.05) is 94.5 Å². The first kappa shape index (κ1) is 36.3. The Morgan fingerprint density at radius 3 is 2.43 bits per heavy atom. The maximum Gasteiger partial charge on any atom is 0.318 e. The first-order valence-corrected chi connectivity index (χ1v) is 16.9. The molecule has 0 aliphatic heterocycles. The van der Waals surface area contributed by atoms with Crippen LogP contribution in [0.2, 0.25) is 0 Å². The zero-order chi connectivity index (χ0) is 33.3. The van der Waals surface area contributed by atoms with E-state index in [-0.39, 0.29) is 6.61 Å². The lowest BCUT2D eigenvalue weighted by atomic mass is 9.87. The van der Waals surface area contributed by atoms with Crippen molar-refractivity contribution >= 4 is 28.4 Å². The second-order valence-electron chi connectivity index (χ2n) is 10.8. The van der Waals surface area contributed by atoms with Gasteiger partial charge in [0.25, 0.3) is 0 Å². The molecular weight excluding hydrogens is 570 g/mol. The summed E-state index contributed by atoms with van der Waals surface area (Å²) in [4.78, 5) is 11.9. The van der Waals surface area contributed by atoms with Crippen LogP contribution in [0.25, 0.3) is 22.6 Å². The number of allylic oxidation sites excluding steroid dienone is 3. The third-order valence-electron chi connectivity index (χ3n) is 7.95. The molecule has 0 bridgehead atoms. The van der Waals surface area contributed by atoms with Crippen molar-refractivity contribution in [3.05, 3.63) is 101 Å². The van der Waals surface area contributed by atoms with Crippen LogP contribution in [-0.4, -0.2) is 48.5 Å². The fourth-order valence-corrected chi connectivity index (χ4v) is 5.64. The standard InChI is InChI=1S/C33H37N3O3.C5H10.C2H6/c1-4-24-21-23(13-16-30(24)38-3)17-20-39-33-34-29-12-8-11-28(31(29)32(35-33)36(5-2)18-19-37)27-15-14-25-9-6-7-10-26(25)22-27;1-3-5-4-2;1-2/h6-13,16,21-22,37H,4-5,14-15,17-20H2,1-3H3;3,5H,4H2,1-2H3;1-2H3. The van der Waals surface area contributed by atoms with E-state index in [2.05, 4.69) is 92.4 Å². The van der Waals surface area contributed by atoms with Gasteiger partial charge in [-0.05, 0) is 85.1 Å². The van der Waals surface area contributed by atoms with Crippen molar-refractivity contribution in [3.63, 3.8) is 0 Å². The van der Waals surface area contributed by atoms with E-state index in [1.165, 1.54) is 27.8 Å². The van der Waals surface area contributed by atoms with E-state index in [4.69, 9.17) is 19.4 Å². The van der Waals surface area contributed by atoms with Crippen molar-refractivity contribution in [2.24, 2.45) is 0 Å². The van der Waals surface area contributed by atoms with Gasteiger partial charge < -0.3 is 19.5 Å². The minimum absolute atomic E-state index is 0.0466. The predicted octanol–water partition coefficient (Wildman–Crippen LogP) is 9.13. The summed E-state index contributed by atoms with van der Waals surface area (Å²) in [6, 6.07) is 21.5. The van der Waals surface area contributed by atoms with Crippen LogP contribution in [0.3, 0.4) is 0 Å². The number of aliphatic hydroxyl groups is 1. The Hall–Kier alpha value is -4.16. The van der Waals surface area contributed by atoms with Gasteiger partial charge in [0.1, 0.15) is 11.6 Å². The van der Waals surface area contributed by atoms with E-state index in [0.29, 0.717) is 25.7 Å². The molecule has 6 nitrogen and oxygen atoms in total. The van der Waals surface area contributed by atoms with E-state index in [1.54, 1.807) is 7.11 Å². The molecule has 0 amide bonds. The number of fused-ring (bicyclic) bond motifs is 2. The molecule has 0 atom stereocenters. The molecule has 3 aromatic carbocycles. The van der Waals surface area contributed by atoms with E-state index in [1.807, 2.05) is 32.9 Å². The minimum Gasteiger partial charge on any atom is -0.496 e. The number of nitrogens with zero attached hydrogens (tertiary/aromatic N) is 3. The number of likely N-dealkylation sites (N-methyl/N-ethyl adjacent to an activating group) is 1. The Morgan fingerprint density at radius 1 is 0.957 bits per heavy atom. The molecule has 0 unspecified atom stereocenters. The van der Waals surface area contributed by atoms with Gasteiger partial charge in [-0.25, -0.2) is 0 Å². The van der Waals surface area contributed by atoms with Crippen LogP contribution in [0.5, 0.6) is 11.8 Å². The Labute approximate surface area is 276 Å². The Morgan fingerprint density at radius 2 is 1.76 bits per heavy atom. The number of ether oxygens (including phenoxy) is 2. The normalized spacial score (nSPS) is 12.0. The molecule has 1 aliphatic rings. The van der Waals surface area contributed by atoms with Gasteiger partial charge in [0, 0.05) is 19.5 Å². The molecule has 46 heavy (non-hydrogen) atoms. The first-order valence-electron chi connectivity index (χ1n) is 16.9. The highest BCUT2D eigenvalue weighted by Gasteiger charge is 2.20. The summed E-state index contributed by atoms with van der Waals surface area (Å²) in [5, 5.41) is 10.8. The second-order valence-corrected chi connectivity index (χ2v) is 10.8. The number of hydrogen-bond acceptors (Lipinski definition) is 6. The van der Waals surface area contributed by atoms with Gasteiger partial charge in [-0.2, -0.15) is 9.97 Å². The summed E-state index contributed by atoms with van der Waals surface area (Å²) >= 11 is 0. The Balaban J connectivity index is 0.000000752. The van der Waals surface area contributed by atoms with Crippen molar-refractivity contribution in [2.75, 3.05) is 38.3 Å². The van der Waals surface area contributed by atoms with Gasteiger partial charge in [0.2, 0.25) is 0 Å². The first-order chi connectivity index (χ1) is 22.6. The maximum atomic E-state index is 9.81. The molecular formula is C40H53N3O3. The summed E-state index contributed by atoms with van der Waals surface area (Å²) in [5.74, 6) is 1.72. The van der Waals surface area contributed by atoms with Crippen molar-refractivity contribution in [2.45, 2.75) is 73.6 Å². The van der Waals surface area contributed by atoms with Gasteiger partial charge in [-0.3, -0.25) is 0 Å². The van der Waals surface area contributed by atoms with Crippen molar-refractivity contribution in [3.8, 4) is 11.8 Å². The van der Waals surface area contributed by atoms with Gasteiger partial charge in [-0.15, -0.1) is 0 Å². The molecule has 1 N–H and O–H groups in total. The Bertz CT molecular complexity index is 1580. The Kier molecular flexibility index (Phi) is 15.3. The zero-order valence-electron chi connectivity index (χ0n) is 29.0. The van der Waals surface area contributed by atoms with E-state index in [0.717, 1.165) is 60.1 Å². The monoisotopic (exact) mass is 623 g/mol. The topological polar surface area (TPSA) is 67.7 Å². The van der Waals surface area contributed by atoms with Crippen LogP contribution in [0.4, 0.5) is 5.82 Å². The minimum atomic E-state index is 0.0466. The van der Waals surface area contributed by atoms with Gasteiger partial charge >= 0.3 is 6.01 Å². The highest BCUT2D eigenvalue weighted by atomic mass is 16.5. The second kappa shape index (κ2) is 19.4. The molecule has 0 fully saturated rings. The predicted molar refractivity (Wildman–Crippen MR) is 195 cm³/mol. The quantitative estimate of drug-likeness (QED) is 0.159. The number of hydrogen-bond donors (Lipinski definition) is 1. The lowest BCUT2D eigenvalue weighted by molar-refractivity contribution is 0.294. The van der Waals surface area contributed by atoms with Crippen molar-refractivity contribution in [1.29, 1.82) is 0 Å². The summed E-state index contributed by atoms with van der Waals surface area (Å²) < 4.78 is 11.6. The van der Waals surface area contributed by atoms with Crippen LogP contribution in [0.1, 0.15) is 82.2 Å². The molecule has 4 aromatic rings. The van der Waals surface area contributed by atoms with Gasteiger partial charge in [0.05, 0.1) is 31.2 Å². The third-order valence-corrected chi connectivity index (χ3v) is 7.95. The number of anilines is 1. The molecule has 6 heteroatoms. The summed E-state index contributed by atoms with van der Waals surface area (Å²) in [6.07, 6.45) is 11.3. The molecule has 1 aliphatic carbocycles. The molecule has 246 valence electrons. The van der Waals surface area contributed by atoms with Crippen LogP contribution in [0.15, 0.2) is 72.8 Å². The highest BCUT2D eigenvalue weighted by Crippen LogP contribution is 2.38. The van der Waals surface area contributed by atoms with Gasteiger partial charge in [0.15, 0.2) is 0 Å². The number of rotatable bonds is 12. The maximum absolute atomic E-state index is 9.81.